The Kier molecular flexibility index (Phi) is 5.86. The van der Waals surface area contributed by atoms with Gasteiger partial charge in [0.15, 0.2) is 0 Å². The van der Waals surface area contributed by atoms with Crippen LogP contribution in [0.4, 0.5) is 11.4 Å². The van der Waals surface area contributed by atoms with Crippen LogP contribution in [0.3, 0.4) is 0 Å². The second-order valence-electron chi connectivity index (χ2n) is 6.75. The number of carbonyl (C=O) groups is 1. The maximum absolute atomic E-state index is 12.6. The molecule has 144 valence electrons. The van der Waals surface area contributed by atoms with Gasteiger partial charge in [-0.05, 0) is 50.2 Å². The molecule has 6 nitrogen and oxygen atoms in total. The minimum Gasteiger partial charge on any atom is -0.497 e. The molecule has 2 aromatic rings. The Labute approximate surface area is 160 Å². The third-order valence-electron chi connectivity index (χ3n) is 4.68. The van der Waals surface area contributed by atoms with Crippen molar-refractivity contribution in [3.05, 3.63) is 48.0 Å². The Bertz CT molecular complexity index is 769. The molecule has 0 saturated carbocycles. The van der Waals surface area contributed by atoms with Crippen molar-refractivity contribution < 1.29 is 19.0 Å². The maximum atomic E-state index is 12.6. The van der Waals surface area contributed by atoms with E-state index in [4.69, 9.17) is 14.2 Å². The number of amides is 1. The largest absolute Gasteiger partial charge is 0.497 e. The van der Waals surface area contributed by atoms with Crippen molar-refractivity contribution in [2.75, 3.05) is 37.6 Å². The van der Waals surface area contributed by atoms with Crippen LogP contribution in [0, 0.1) is 0 Å². The average molecular weight is 370 g/mol. The summed E-state index contributed by atoms with van der Waals surface area (Å²) in [7, 11) is 3.12. The number of benzene rings is 2. The number of nitrogens with one attached hydrogen (secondary N) is 1. The number of hydrogen-bond donors (Lipinski definition) is 1. The molecule has 0 radical (unpaired) electrons. The maximum Gasteiger partial charge on any atom is 0.255 e. The fraction of sp³-hybridized carbons (Fsp3) is 0.381. The van der Waals surface area contributed by atoms with Gasteiger partial charge in [-0.15, -0.1) is 0 Å². The summed E-state index contributed by atoms with van der Waals surface area (Å²) in [6, 6.07) is 13.3. The summed E-state index contributed by atoms with van der Waals surface area (Å²) in [4.78, 5) is 14.9. The van der Waals surface area contributed by atoms with Crippen molar-refractivity contribution in [1.29, 1.82) is 0 Å². The van der Waals surface area contributed by atoms with Gasteiger partial charge in [0.2, 0.25) is 0 Å². The molecule has 2 atom stereocenters. The number of anilines is 2. The van der Waals surface area contributed by atoms with Crippen LogP contribution in [0.1, 0.15) is 24.2 Å². The number of carbonyl (C=O) groups excluding carboxylic acids is 1. The molecule has 1 N–H and O–H groups in total. The highest BCUT2D eigenvalue weighted by Gasteiger charge is 2.23. The van der Waals surface area contributed by atoms with Crippen molar-refractivity contribution in [2.45, 2.75) is 26.0 Å². The number of rotatable bonds is 5. The molecule has 0 spiro atoms. The summed E-state index contributed by atoms with van der Waals surface area (Å²) in [5, 5.41) is 2.92. The highest BCUT2D eigenvalue weighted by atomic mass is 16.5. The lowest BCUT2D eigenvalue weighted by Crippen LogP contribution is -2.47. The van der Waals surface area contributed by atoms with Crippen molar-refractivity contribution in [3.8, 4) is 11.5 Å². The fourth-order valence-corrected chi connectivity index (χ4v) is 3.14. The normalized spacial score (nSPS) is 19.5. The first-order valence-electron chi connectivity index (χ1n) is 9.03. The summed E-state index contributed by atoms with van der Waals surface area (Å²) in [6.07, 6.45) is 0.212. The van der Waals surface area contributed by atoms with Gasteiger partial charge >= 0.3 is 0 Å². The zero-order chi connectivity index (χ0) is 19.4. The van der Waals surface area contributed by atoms with Crippen LogP contribution in [0.25, 0.3) is 0 Å². The van der Waals surface area contributed by atoms with Gasteiger partial charge < -0.3 is 24.4 Å². The fourth-order valence-electron chi connectivity index (χ4n) is 3.14. The van der Waals surface area contributed by atoms with Crippen LogP contribution in [-0.2, 0) is 4.74 Å². The highest BCUT2D eigenvalue weighted by Crippen LogP contribution is 2.25. The number of morpholine rings is 1. The molecule has 27 heavy (non-hydrogen) atoms. The zero-order valence-electron chi connectivity index (χ0n) is 16.2. The third-order valence-corrected chi connectivity index (χ3v) is 4.68. The van der Waals surface area contributed by atoms with Gasteiger partial charge in [-0.2, -0.15) is 0 Å². The topological polar surface area (TPSA) is 60.0 Å². The predicted molar refractivity (Wildman–Crippen MR) is 106 cm³/mol. The predicted octanol–water partition coefficient (Wildman–Crippen LogP) is 3.57. The first-order valence-corrected chi connectivity index (χ1v) is 9.03. The lowest BCUT2D eigenvalue weighted by Gasteiger charge is -2.38. The third kappa shape index (κ3) is 4.52. The summed E-state index contributed by atoms with van der Waals surface area (Å²) in [5.74, 6) is 0.934. The molecule has 1 aliphatic rings. The average Bonchev–Trinajstić information content (AvgIpc) is 2.70. The quantitative estimate of drug-likeness (QED) is 0.872. The second-order valence-corrected chi connectivity index (χ2v) is 6.75. The Morgan fingerprint density at radius 3 is 2.30 bits per heavy atom. The molecule has 0 aliphatic carbocycles. The lowest BCUT2D eigenvalue weighted by atomic mass is 10.1. The Hall–Kier alpha value is -2.73. The molecule has 0 bridgehead atoms. The molecule has 1 fully saturated rings. The van der Waals surface area contributed by atoms with E-state index in [9.17, 15) is 4.79 Å². The van der Waals surface area contributed by atoms with Crippen LogP contribution >= 0.6 is 0 Å². The standard InChI is InChI=1S/C21H26N2O4/c1-14-13-27-15(2)12-23(14)18-7-5-17(6-8-18)22-21(24)16-9-19(25-3)11-20(10-16)26-4/h5-11,14-15H,12-13H2,1-4H3,(H,22,24). The smallest absolute Gasteiger partial charge is 0.255 e. The summed E-state index contributed by atoms with van der Waals surface area (Å²) >= 11 is 0. The molecule has 1 amide bonds. The molecule has 2 aromatic carbocycles. The second kappa shape index (κ2) is 8.31. The monoisotopic (exact) mass is 370 g/mol. The van der Waals surface area contributed by atoms with E-state index >= 15 is 0 Å². The Morgan fingerprint density at radius 1 is 1.07 bits per heavy atom. The summed E-state index contributed by atoms with van der Waals surface area (Å²) < 4.78 is 16.1. The minimum absolute atomic E-state index is 0.212. The van der Waals surface area contributed by atoms with E-state index in [-0.39, 0.29) is 12.0 Å². The minimum atomic E-state index is -0.215. The van der Waals surface area contributed by atoms with E-state index in [0.29, 0.717) is 23.1 Å². The van der Waals surface area contributed by atoms with Crippen LogP contribution in [-0.4, -0.2) is 45.4 Å². The molecule has 1 saturated heterocycles. The van der Waals surface area contributed by atoms with Crippen molar-refractivity contribution >= 4 is 17.3 Å². The molecule has 3 rings (SSSR count). The number of methoxy groups -OCH3 is 2. The molecule has 6 heteroatoms. The van der Waals surface area contributed by atoms with E-state index in [1.165, 1.54) is 0 Å². The van der Waals surface area contributed by atoms with Gasteiger partial charge in [0, 0.05) is 35.6 Å². The molecule has 0 aromatic heterocycles. The first kappa shape index (κ1) is 19.0. The Morgan fingerprint density at radius 2 is 1.70 bits per heavy atom. The molecule has 2 unspecified atom stereocenters. The number of ether oxygens (including phenoxy) is 3. The van der Waals surface area contributed by atoms with Crippen molar-refractivity contribution in [3.63, 3.8) is 0 Å². The van der Waals surface area contributed by atoms with Gasteiger partial charge in [0.05, 0.1) is 26.9 Å². The summed E-state index contributed by atoms with van der Waals surface area (Å²) in [5.41, 5.74) is 2.34. The lowest BCUT2D eigenvalue weighted by molar-refractivity contribution is 0.0344. The van der Waals surface area contributed by atoms with Gasteiger partial charge in [-0.1, -0.05) is 0 Å². The van der Waals surface area contributed by atoms with Gasteiger partial charge in [0.1, 0.15) is 11.5 Å². The SMILES string of the molecule is COc1cc(OC)cc(C(=O)Nc2ccc(N3CC(C)OCC3C)cc2)c1. The van der Waals surface area contributed by atoms with Crippen LogP contribution in [0.2, 0.25) is 0 Å². The summed E-state index contributed by atoms with van der Waals surface area (Å²) in [6.45, 7) is 5.81. The van der Waals surface area contributed by atoms with E-state index in [1.54, 1.807) is 32.4 Å². The molecule has 1 heterocycles. The molecule has 1 aliphatic heterocycles. The first-order chi connectivity index (χ1) is 13.0. The van der Waals surface area contributed by atoms with E-state index in [0.717, 1.165) is 24.5 Å². The van der Waals surface area contributed by atoms with Crippen molar-refractivity contribution in [2.24, 2.45) is 0 Å². The van der Waals surface area contributed by atoms with E-state index < -0.39 is 0 Å². The van der Waals surface area contributed by atoms with Gasteiger partial charge in [-0.25, -0.2) is 0 Å². The van der Waals surface area contributed by atoms with Crippen LogP contribution < -0.4 is 19.7 Å². The van der Waals surface area contributed by atoms with Crippen LogP contribution in [0.15, 0.2) is 42.5 Å². The van der Waals surface area contributed by atoms with Gasteiger partial charge in [-0.3, -0.25) is 4.79 Å². The molecular formula is C21H26N2O4. The highest BCUT2D eigenvalue weighted by molar-refractivity contribution is 6.04. The number of hydrogen-bond acceptors (Lipinski definition) is 5. The van der Waals surface area contributed by atoms with Crippen molar-refractivity contribution in [1.82, 2.24) is 0 Å². The van der Waals surface area contributed by atoms with Gasteiger partial charge in [0.25, 0.3) is 5.91 Å². The zero-order valence-corrected chi connectivity index (χ0v) is 16.2. The molecular weight excluding hydrogens is 344 g/mol. The van der Waals surface area contributed by atoms with Crippen LogP contribution in [0.5, 0.6) is 11.5 Å². The van der Waals surface area contributed by atoms with E-state index in [1.807, 2.05) is 24.3 Å². The Balaban J connectivity index is 1.72. The number of nitrogens with zero attached hydrogens (tertiary/aromatic N) is 1. The van der Waals surface area contributed by atoms with E-state index in [2.05, 4.69) is 24.1 Å².